The molecular formula is C12H22O2S. The lowest BCUT2D eigenvalue weighted by Gasteiger charge is -1.97. The lowest BCUT2D eigenvalue weighted by Crippen LogP contribution is -1.96. The minimum atomic E-state index is -3.03. The Morgan fingerprint density at radius 3 is 1.73 bits per heavy atom. The summed E-state index contributed by atoms with van der Waals surface area (Å²) in [6, 6.07) is 6.87. The van der Waals surface area contributed by atoms with Gasteiger partial charge in [0.15, 0.2) is 9.84 Å². The van der Waals surface area contributed by atoms with Crippen molar-refractivity contribution in [1.82, 2.24) is 0 Å². The summed E-state index contributed by atoms with van der Waals surface area (Å²) >= 11 is 0. The van der Waals surface area contributed by atoms with Gasteiger partial charge in [0.2, 0.25) is 0 Å². The van der Waals surface area contributed by atoms with E-state index in [0.717, 1.165) is 5.56 Å². The summed E-state index contributed by atoms with van der Waals surface area (Å²) in [6.45, 7) is 9.87. The van der Waals surface area contributed by atoms with Crippen LogP contribution in [0.3, 0.4) is 0 Å². The van der Waals surface area contributed by atoms with Gasteiger partial charge in [-0.05, 0) is 24.6 Å². The standard InChI is InChI=1S/C8H10O2S.2C2H6/c1-7-4-3-5-8(6-7)11(2,9)10;2*1-2/h3-6H,1-2H3;2*1-2H3. The summed E-state index contributed by atoms with van der Waals surface area (Å²) in [5.41, 5.74) is 0.966. The SMILES string of the molecule is CC.CC.Cc1cccc(S(C)(=O)=O)c1. The van der Waals surface area contributed by atoms with Gasteiger partial charge in [-0.2, -0.15) is 0 Å². The van der Waals surface area contributed by atoms with Crippen LogP contribution in [0.4, 0.5) is 0 Å². The Morgan fingerprint density at radius 1 is 1.00 bits per heavy atom. The average Bonchev–Trinajstić information content (AvgIpc) is 2.23. The fraction of sp³-hybridized carbons (Fsp3) is 0.500. The van der Waals surface area contributed by atoms with Gasteiger partial charge in [0, 0.05) is 6.26 Å². The molecule has 0 aliphatic rings. The van der Waals surface area contributed by atoms with Crippen LogP contribution in [0.5, 0.6) is 0 Å². The van der Waals surface area contributed by atoms with E-state index in [0.29, 0.717) is 4.90 Å². The molecule has 0 aliphatic heterocycles. The predicted molar refractivity (Wildman–Crippen MR) is 67.0 cm³/mol. The molecule has 0 aliphatic carbocycles. The summed E-state index contributed by atoms with van der Waals surface area (Å²) in [5.74, 6) is 0. The van der Waals surface area contributed by atoms with Crippen LogP contribution in [0.25, 0.3) is 0 Å². The summed E-state index contributed by atoms with van der Waals surface area (Å²) in [5, 5.41) is 0. The van der Waals surface area contributed by atoms with Gasteiger partial charge in [-0.1, -0.05) is 39.8 Å². The minimum Gasteiger partial charge on any atom is -0.224 e. The van der Waals surface area contributed by atoms with Crippen molar-refractivity contribution in [2.45, 2.75) is 39.5 Å². The summed E-state index contributed by atoms with van der Waals surface area (Å²) < 4.78 is 22.0. The first-order valence-corrected chi connectivity index (χ1v) is 7.16. The van der Waals surface area contributed by atoms with E-state index in [9.17, 15) is 8.42 Å². The highest BCUT2D eigenvalue weighted by molar-refractivity contribution is 7.90. The summed E-state index contributed by atoms with van der Waals surface area (Å²) in [4.78, 5) is 0.387. The second-order valence-corrected chi connectivity index (χ2v) is 4.60. The van der Waals surface area contributed by atoms with Gasteiger partial charge < -0.3 is 0 Å². The molecule has 1 aromatic rings. The Bertz CT molecular complexity index is 354. The third-order valence-corrected chi connectivity index (χ3v) is 2.53. The van der Waals surface area contributed by atoms with Crippen LogP contribution in [0, 0.1) is 6.92 Å². The zero-order chi connectivity index (χ0) is 12.5. The van der Waals surface area contributed by atoms with E-state index in [1.807, 2.05) is 40.7 Å². The summed E-state index contributed by atoms with van der Waals surface area (Å²) in [7, 11) is -3.03. The Kier molecular flexibility index (Phi) is 9.38. The zero-order valence-electron chi connectivity index (χ0n) is 10.5. The van der Waals surface area contributed by atoms with E-state index < -0.39 is 9.84 Å². The first-order chi connectivity index (χ1) is 7.00. The van der Waals surface area contributed by atoms with Crippen molar-refractivity contribution in [3.63, 3.8) is 0 Å². The number of rotatable bonds is 1. The number of sulfone groups is 1. The highest BCUT2D eigenvalue weighted by atomic mass is 32.2. The first kappa shape index (κ1) is 16.6. The largest absolute Gasteiger partial charge is 0.224 e. The Hall–Kier alpha value is -0.830. The van der Waals surface area contributed by atoms with Gasteiger partial charge in [0.25, 0.3) is 0 Å². The van der Waals surface area contributed by atoms with E-state index in [4.69, 9.17) is 0 Å². The van der Waals surface area contributed by atoms with Crippen molar-refractivity contribution in [2.24, 2.45) is 0 Å². The van der Waals surface area contributed by atoms with E-state index >= 15 is 0 Å². The molecule has 0 amide bonds. The van der Waals surface area contributed by atoms with E-state index in [1.165, 1.54) is 6.26 Å². The molecule has 0 unspecified atom stereocenters. The van der Waals surface area contributed by atoms with Crippen molar-refractivity contribution in [2.75, 3.05) is 6.26 Å². The molecular weight excluding hydrogens is 208 g/mol. The highest BCUT2D eigenvalue weighted by Crippen LogP contribution is 2.09. The second-order valence-electron chi connectivity index (χ2n) is 2.59. The Labute approximate surface area is 94.3 Å². The van der Waals surface area contributed by atoms with Crippen molar-refractivity contribution in [3.05, 3.63) is 29.8 Å². The monoisotopic (exact) mass is 230 g/mol. The van der Waals surface area contributed by atoms with Crippen LogP contribution >= 0.6 is 0 Å². The topological polar surface area (TPSA) is 34.1 Å². The molecule has 0 N–H and O–H groups in total. The lowest BCUT2D eigenvalue weighted by atomic mass is 10.2. The van der Waals surface area contributed by atoms with Crippen LogP contribution in [0.15, 0.2) is 29.2 Å². The second kappa shape index (κ2) is 8.48. The maximum Gasteiger partial charge on any atom is 0.175 e. The van der Waals surface area contributed by atoms with Crippen molar-refractivity contribution >= 4 is 9.84 Å². The maximum atomic E-state index is 11.0. The van der Waals surface area contributed by atoms with Gasteiger partial charge in [-0.25, -0.2) is 8.42 Å². The molecule has 0 saturated carbocycles. The molecule has 88 valence electrons. The number of aryl methyl sites for hydroxylation is 1. The summed E-state index contributed by atoms with van der Waals surface area (Å²) in [6.07, 6.45) is 1.21. The van der Waals surface area contributed by atoms with Crippen LogP contribution in [-0.2, 0) is 9.84 Å². The normalized spacial score (nSPS) is 9.20. The molecule has 0 radical (unpaired) electrons. The third kappa shape index (κ3) is 7.14. The fourth-order valence-electron chi connectivity index (χ4n) is 0.846. The molecule has 2 nitrogen and oxygen atoms in total. The molecule has 15 heavy (non-hydrogen) atoms. The van der Waals surface area contributed by atoms with Gasteiger partial charge in [0.05, 0.1) is 4.90 Å². The Balaban J connectivity index is 0. The zero-order valence-corrected chi connectivity index (χ0v) is 11.4. The van der Waals surface area contributed by atoms with Crippen LogP contribution in [-0.4, -0.2) is 14.7 Å². The molecule has 3 heteroatoms. The minimum absolute atomic E-state index is 0.387. The van der Waals surface area contributed by atoms with Gasteiger partial charge in [-0.3, -0.25) is 0 Å². The molecule has 0 atom stereocenters. The molecule has 0 saturated heterocycles. The van der Waals surface area contributed by atoms with Gasteiger partial charge in [0.1, 0.15) is 0 Å². The molecule has 0 heterocycles. The van der Waals surface area contributed by atoms with Crippen LogP contribution < -0.4 is 0 Å². The third-order valence-electron chi connectivity index (χ3n) is 1.42. The van der Waals surface area contributed by atoms with E-state index in [2.05, 4.69) is 0 Å². The van der Waals surface area contributed by atoms with Crippen molar-refractivity contribution in [1.29, 1.82) is 0 Å². The molecule has 0 bridgehead atoms. The molecule has 1 aromatic carbocycles. The van der Waals surface area contributed by atoms with E-state index in [-0.39, 0.29) is 0 Å². The lowest BCUT2D eigenvalue weighted by molar-refractivity contribution is 0.602. The quantitative estimate of drug-likeness (QED) is 0.740. The number of hydrogen-bond acceptors (Lipinski definition) is 2. The Morgan fingerprint density at radius 2 is 1.47 bits per heavy atom. The molecule has 0 fully saturated rings. The molecule has 1 rings (SSSR count). The number of hydrogen-bond donors (Lipinski definition) is 0. The fourth-order valence-corrected chi connectivity index (χ4v) is 1.57. The smallest absolute Gasteiger partial charge is 0.175 e. The highest BCUT2D eigenvalue weighted by Gasteiger charge is 2.04. The predicted octanol–water partition coefficient (Wildman–Crippen LogP) is 3.45. The van der Waals surface area contributed by atoms with Crippen LogP contribution in [0.2, 0.25) is 0 Å². The first-order valence-electron chi connectivity index (χ1n) is 5.27. The van der Waals surface area contributed by atoms with Gasteiger partial charge >= 0.3 is 0 Å². The van der Waals surface area contributed by atoms with Crippen LogP contribution in [0.1, 0.15) is 33.3 Å². The molecule has 0 spiro atoms. The van der Waals surface area contributed by atoms with E-state index in [1.54, 1.807) is 18.2 Å². The van der Waals surface area contributed by atoms with Crippen molar-refractivity contribution in [3.8, 4) is 0 Å². The number of benzene rings is 1. The maximum absolute atomic E-state index is 11.0. The molecule has 0 aromatic heterocycles. The van der Waals surface area contributed by atoms with Crippen molar-refractivity contribution < 1.29 is 8.42 Å². The average molecular weight is 230 g/mol. The van der Waals surface area contributed by atoms with Gasteiger partial charge in [-0.15, -0.1) is 0 Å².